The molecule has 57 heavy (non-hydrogen) atoms. The van der Waals surface area contributed by atoms with Crippen LogP contribution in [0, 0.1) is 11.6 Å². The molecule has 6 aromatic rings. The summed E-state index contributed by atoms with van der Waals surface area (Å²) in [6.07, 6.45) is 8.71. The second-order valence-corrected chi connectivity index (χ2v) is 11.9. The van der Waals surface area contributed by atoms with E-state index in [1.165, 1.54) is 58.1 Å². The second kappa shape index (κ2) is 26.0. The number of aryl methyl sites for hydroxylation is 4. The van der Waals surface area contributed by atoms with E-state index in [0.717, 1.165) is 40.0 Å². The third-order valence-corrected chi connectivity index (χ3v) is 8.16. The molecule has 0 atom stereocenters. The van der Waals surface area contributed by atoms with Crippen molar-refractivity contribution in [1.82, 2.24) is 44.8 Å². The van der Waals surface area contributed by atoms with Crippen LogP contribution in [0.4, 0.5) is 18.4 Å². The van der Waals surface area contributed by atoms with Crippen LogP contribution in [0.3, 0.4) is 0 Å². The van der Waals surface area contributed by atoms with Crippen LogP contribution >= 0.6 is 11.6 Å². The van der Waals surface area contributed by atoms with Crippen molar-refractivity contribution >= 4 is 23.1 Å². The van der Waals surface area contributed by atoms with Crippen LogP contribution in [-0.4, -0.2) is 90.2 Å². The molecule has 4 aromatic heterocycles. The number of halogens is 3. The number of nitrogens with one attached hydrogen (secondary N) is 1. The van der Waals surface area contributed by atoms with Crippen LogP contribution in [0.2, 0.25) is 0 Å². The number of hydrogen-bond acceptors (Lipinski definition) is 11. The van der Waals surface area contributed by atoms with Crippen LogP contribution in [0.25, 0.3) is 22.8 Å². The van der Waals surface area contributed by atoms with Gasteiger partial charge in [0.05, 0.1) is 14.2 Å². The number of pyridine rings is 2. The monoisotopic (exact) mass is 805 g/mol. The lowest BCUT2D eigenvalue weighted by molar-refractivity contribution is 0.168. The fraction of sp³-hybridized carbons (Fsp3) is 0.317. The van der Waals surface area contributed by atoms with Gasteiger partial charge in [-0.25, -0.2) is 28.3 Å². The van der Waals surface area contributed by atoms with Gasteiger partial charge in [0.25, 0.3) is 0 Å². The molecule has 0 saturated heterocycles. The maximum Gasteiger partial charge on any atom is 0.436 e. The van der Waals surface area contributed by atoms with Gasteiger partial charge in [0, 0.05) is 60.4 Å². The summed E-state index contributed by atoms with van der Waals surface area (Å²) in [4.78, 5) is 40.6. The fourth-order valence-electron chi connectivity index (χ4n) is 4.88. The molecule has 0 aliphatic carbocycles. The van der Waals surface area contributed by atoms with Crippen molar-refractivity contribution in [3.63, 3.8) is 0 Å². The van der Waals surface area contributed by atoms with Gasteiger partial charge in [-0.05, 0) is 92.1 Å². The van der Waals surface area contributed by atoms with Crippen LogP contribution in [0.5, 0.6) is 0 Å². The summed E-state index contributed by atoms with van der Waals surface area (Å²) in [6, 6.07) is 20.1. The van der Waals surface area contributed by atoms with E-state index in [1.54, 1.807) is 55.1 Å². The van der Waals surface area contributed by atoms with Crippen LogP contribution in [0.15, 0.2) is 97.6 Å². The molecule has 13 nitrogen and oxygen atoms in total. The molecule has 0 bridgehead atoms. The van der Waals surface area contributed by atoms with Gasteiger partial charge in [0.15, 0.2) is 11.6 Å². The van der Waals surface area contributed by atoms with Crippen molar-refractivity contribution in [2.45, 2.75) is 53.9 Å². The molecule has 1 N–H and O–H groups in total. The summed E-state index contributed by atoms with van der Waals surface area (Å²) < 4.78 is 35.5. The van der Waals surface area contributed by atoms with E-state index < -0.39 is 11.5 Å². The zero-order valence-electron chi connectivity index (χ0n) is 32.0. The maximum atomic E-state index is 13.0. The van der Waals surface area contributed by atoms with E-state index in [0.29, 0.717) is 35.9 Å². The maximum absolute atomic E-state index is 13.0. The molecule has 0 amide bonds. The first kappa shape index (κ1) is 47.2. The lowest BCUT2D eigenvalue weighted by Crippen LogP contribution is -2.21. The molecule has 0 saturated carbocycles. The molecule has 0 unspecified atom stereocenters. The third-order valence-electron chi connectivity index (χ3n) is 8.01. The summed E-state index contributed by atoms with van der Waals surface area (Å²) in [5, 5.41) is 11.3. The van der Waals surface area contributed by atoms with Crippen LogP contribution < -0.4 is 0 Å². The van der Waals surface area contributed by atoms with Crippen molar-refractivity contribution in [3.05, 3.63) is 132 Å². The molecule has 0 radical (unpaired) electrons. The number of aromatic nitrogens is 8. The van der Waals surface area contributed by atoms with Crippen LogP contribution in [0.1, 0.15) is 51.0 Å². The highest BCUT2D eigenvalue weighted by Crippen LogP contribution is 2.17. The number of rotatable bonds is 11. The van der Waals surface area contributed by atoms with E-state index in [9.17, 15) is 18.4 Å². The Morgan fingerprint density at radius 1 is 0.719 bits per heavy atom. The van der Waals surface area contributed by atoms with Crippen molar-refractivity contribution < 1.29 is 27.8 Å². The number of carbonyl (C=O) groups is 2. The molecule has 4 heterocycles. The predicted molar refractivity (Wildman–Crippen MR) is 217 cm³/mol. The number of benzene rings is 2. The standard InChI is InChI=1S/C17H15FN4O2.C15H13FN4.C6H15N.C2H3ClO2.CH4/c1-24-17(23)22-15(9-6-12-4-7-14(18)8-5-12)20-16(21-22)13-3-2-10-19-11-13;16-13-6-3-11(4-7-13)5-8-14-18-15(20-19-14)12-2-1-9-17-10-12;1-4-7(5-2)6-3;1-5-2(3)4;/h2-5,7-8,10-11H,6,9H2,1H3;1-4,6-7,9-10H,5,8H2,(H,18,19,20);4-6H2,1-3H3;1H3;1H4. The number of ether oxygens (including phenoxy) is 2. The topological polar surface area (TPSA) is 154 Å². The van der Waals surface area contributed by atoms with Gasteiger partial charge in [0.2, 0.25) is 0 Å². The van der Waals surface area contributed by atoms with Crippen molar-refractivity contribution in [2.24, 2.45) is 0 Å². The molecule has 2 aromatic carbocycles. The Kier molecular flexibility index (Phi) is 21.6. The first-order chi connectivity index (χ1) is 27.1. The smallest absolute Gasteiger partial charge is 0.436 e. The van der Waals surface area contributed by atoms with Crippen molar-refractivity contribution in [2.75, 3.05) is 33.9 Å². The average molecular weight is 806 g/mol. The van der Waals surface area contributed by atoms with E-state index in [-0.39, 0.29) is 19.1 Å². The Hall–Kier alpha value is -5.93. The van der Waals surface area contributed by atoms with Gasteiger partial charge < -0.3 is 14.4 Å². The summed E-state index contributed by atoms with van der Waals surface area (Å²) in [6.45, 7) is 10.1. The Balaban J connectivity index is 0.000000305. The normalized spacial score (nSPS) is 10.1. The zero-order chi connectivity index (χ0) is 40.7. The van der Waals surface area contributed by atoms with Gasteiger partial charge in [-0.2, -0.15) is 5.10 Å². The SMILES string of the molecule is C.CCN(CC)CC.COC(=O)Cl.COC(=O)n1nc(-c2cccnc2)nc1CCc1ccc(F)cc1.Fc1ccc(CCc2nc(-c3cccnc3)n[nH]2)cc1. The Morgan fingerprint density at radius 3 is 1.63 bits per heavy atom. The third kappa shape index (κ3) is 16.8. The van der Waals surface area contributed by atoms with Crippen LogP contribution in [-0.2, 0) is 35.2 Å². The minimum Gasteiger partial charge on any atom is -0.457 e. The van der Waals surface area contributed by atoms with Gasteiger partial charge in [0.1, 0.15) is 23.3 Å². The van der Waals surface area contributed by atoms with E-state index in [2.05, 4.69) is 77.2 Å². The Morgan fingerprint density at radius 2 is 1.21 bits per heavy atom. The number of carbonyl (C=O) groups excluding carboxylic acids is 2. The summed E-state index contributed by atoms with van der Waals surface area (Å²) in [5.74, 6) is 1.84. The Bertz CT molecular complexity index is 2010. The van der Waals surface area contributed by atoms with E-state index in [4.69, 9.17) is 4.74 Å². The van der Waals surface area contributed by atoms with Crippen molar-refractivity contribution in [3.8, 4) is 22.8 Å². The highest BCUT2D eigenvalue weighted by Gasteiger charge is 2.17. The molecule has 304 valence electrons. The highest BCUT2D eigenvalue weighted by molar-refractivity contribution is 6.61. The van der Waals surface area contributed by atoms with E-state index in [1.807, 2.05) is 18.2 Å². The number of aromatic amines is 1. The molecule has 0 aliphatic heterocycles. The van der Waals surface area contributed by atoms with Crippen molar-refractivity contribution in [1.29, 1.82) is 0 Å². The molecular weight excluding hydrogens is 756 g/mol. The number of H-pyrrole nitrogens is 1. The largest absolute Gasteiger partial charge is 0.457 e. The predicted octanol–water partition coefficient (Wildman–Crippen LogP) is 8.65. The van der Waals surface area contributed by atoms with E-state index >= 15 is 0 Å². The zero-order valence-corrected chi connectivity index (χ0v) is 32.8. The van der Waals surface area contributed by atoms with Gasteiger partial charge in [-0.15, -0.1) is 9.78 Å². The summed E-state index contributed by atoms with van der Waals surface area (Å²) in [7, 11) is 2.51. The minimum absolute atomic E-state index is 0. The highest BCUT2D eigenvalue weighted by atomic mass is 35.5. The lowest BCUT2D eigenvalue weighted by atomic mass is 10.1. The molecule has 0 spiro atoms. The van der Waals surface area contributed by atoms with Gasteiger partial charge in [-0.3, -0.25) is 15.1 Å². The number of nitrogens with zero attached hydrogens (tertiary/aromatic N) is 8. The van der Waals surface area contributed by atoms with Gasteiger partial charge >= 0.3 is 11.5 Å². The van der Waals surface area contributed by atoms with Gasteiger partial charge in [-0.1, -0.05) is 52.5 Å². The number of methoxy groups -OCH3 is 2. The molecule has 0 fully saturated rings. The summed E-state index contributed by atoms with van der Waals surface area (Å²) in [5.41, 5.74) is 2.84. The molecular formula is C41H50ClF2N9O4. The lowest BCUT2D eigenvalue weighted by Gasteiger charge is -2.13. The Labute approximate surface area is 337 Å². The molecule has 0 aliphatic rings. The second-order valence-electron chi connectivity index (χ2n) is 11.6. The number of hydrogen-bond donors (Lipinski definition) is 1. The quantitative estimate of drug-likeness (QED) is 0.125. The average Bonchev–Trinajstić information content (AvgIpc) is 3.90. The molecule has 6 rings (SSSR count). The summed E-state index contributed by atoms with van der Waals surface area (Å²) >= 11 is 4.60. The fourth-order valence-corrected chi connectivity index (χ4v) is 4.88. The molecule has 16 heteroatoms. The minimum atomic E-state index is -0.773. The first-order valence-electron chi connectivity index (χ1n) is 17.8. The first-order valence-corrected chi connectivity index (χ1v) is 18.2.